The number of aryl methyl sites for hydroxylation is 1. The van der Waals surface area contributed by atoms with Crippen molar-refractivity contribution >= 4 is 39.6 Å². The molecule has 2 aliphatic rings. The summed E-state index contributed by atoms with van der Waals surface area (Å²) in [4.78, 5) is 26.6. The van der Waals surface area contributed by atoms with Crippen LogP contribution in [-0.4, -0.2) is 62.8 Å². The number of benzene rings is 3. The molecule has 40 heavy (non-hydrogen) atoms. The summed E-state index contributed by atoms with van der Waals surface area (Å²) in [7, 11) is -1.11. The van der Waals surface area contributed by atoms with Gasteiger partial charge in [-0.05, 0) is 36.2 Å². The summed E-state index contributed by atoms with van der Waals surface area (Å²) >= 11 is 0. The number of alkyl halides is 1. The van der Waals surface area contributed by atoms with Crippen LogP contribution in [0, 0.1) is 6.92 Å². The first kappa shape index (κ1) is 26.2. The van der Waals surface area contributed by atoms with Gasteiger partial charge in [0, 0.05) is 35.7 Å². The van der Waals surface area contributed by atoms with E-state index in [1.54, 1.807) is 0 Å². The molecule has 8 nitrogen and oxygen atoms in total. The van der Waals surface area contributed by atoms with E-state index in [0.29, 0.717) is 30.6 Å². The average molecular weight is 560 g/mol. The summed E-state index contributed by atoms with van der Waals surface area (Å²) in [5.74, 6) is 1.46. The molecule has 1 N–H and O–H groups in total. The van der Waals surface area contributed by atoms with E-state index in [2.05, 4.69) is 5.32 Å². The van der Waals surface area contributed by atoms with Crippen LogP contribution in [0.25, 0.3) is 10.9 Å². The van der Waals surface area contributed by atoms with Crippen LogP contribution in [-0.2, 0) is 28.7 Å². The fourth-order valence-electron chi connectivity index (χ4n) is 5.13. The minimum Gasteiger partial charge on any atom is -0.445 e. The highest BCUT2D eigenvalue weighted by molar-refractivity contribution is 7.85. The van der Waals surface area contributed by atoms with Crippen molar-refractivity contribution in [3.05, 3.63) is 89.5 Å². The Labute approximate surface area is 234 Å². The molecule has 0 saturated carbocycles. The SMILES string of the molecule is Cc1ccc2nc(N3CCS(=O)c4ccccc4C3)nc(N[C@H]3CN(C(=O)OCc4ccccc4)C[C@@H]3F)c2c1. The molecule has 0 radical (unpaired) electrons. The number of carbonyl (C=O) groups is 1. The molecule has 206 valence electrons. The van der Waals surface area contributed by atoms with Crippen LogP contribution in [0.5, 0.6) is 0 Å². The first-order valence-electron chi connectivity index (χ1n) is 13.3. The maximum atomic E-state index is 15.2. The van der Waals surface area contributed by atoms with Crippen molar-refractivity contribution < 1.29 is 18.1 Å². The second-order valence-corrected chi connectivity index (χ2v) is 11.7. The number of nitrogens with one attached hydrogen (secondary N) is 1. The predicted octanol–water partition coefficient (Wildman–Crippen LogP) is 4.84. The summed E-state index contributed by atoms with van der Waals surface area (Å²) in [6.07, 6.45) is -1.84. The third-order valence-corrected chi connectivity index (χ3v) is 8.72. The molecule has 1 fully saturated rings. The second kappa shape index (κ2) is 11.2. The minimum atomic E-state index is -1.30. The quantitative estimate of drug-likeness (QED) is 0.375. The predicted molar refractivity (Wildman–Crippen MR) is 154 cm³/mol. The largest absolute Gasteiger partial charge is 0.445 e. The van der Waals surface area contributed by atoms with Crippen LogP contribution in [0.4, 0.5) is 21.0 Å². The van der Waals surface area contributed by atoms with E-state index in [-0.39, 0.29) is 19.7 Å². The maximum Gasteiger partial charge on any atom is 0.410 e. The van der Waals surface area contributed by atoms with Crippen LogP contribution in [0.15, 0.2) is 77.7 Å². The van der Waals surface area contributed by atoms with Gasteiger partial charge >= 0.3 is 6.09 Å². The fourth-order valence-corrected chi connectivity index (χ4v) is 6.39. The van der Waals surface area contributed by atoms with Crippen molar-refractivity contribution in [3.63, 3.8) is 0 Å². The number of nitrogens with zero attached hydrogens (tertiary/aromatic N) is 4. The molecule has 1 amide bonds. The molecule has 1 unspecified atom stereocenters. The van der Waals surface area contributed by atoms with Crippen LogP contribution in [0.2, 0.25) is 0 Å². The molecule has 3 atom stereocenters. The summed E-state index contributed by atoms with van der Waals surface area (Å²) in [6, 6.07) is 22.4. The van der Waals surface area contributed by atoms with Crippen LogP contribution >= 0.6 is 0 Å². The highest BCUT2D eigenvalue weighted by atomic mass is 32.2. The van der Waals surface area contributed by atoms with Crippen molar-refractivity contribution in [2.75, 3.05) is 35.6 Å². The molecule has 1 aromatic heterocycles. The molecule has 0 aliphatic carbocycles. The Balaban J connectivity index is 1.24. The van der Waals surface area contributed by atoms with Gasteiger partial charge in [-0.2, -0.15) is 4.98 Å². The Morgan fingerprint density at radius 2 is 1.88 bits per heavy atom. The number of halogens is 1. The second-order valence-electron chi connectivity index (χ2n) is 10.2. The van der Waals surface area contributed by atoms with E-state index >= 15 is 4.39 Å². The van der Waals surface area contributed by atoms with Crippen molar-refractivity contribution in [2.24, 2.45) is 0 Å². The lowest BCUT2D eigenvalue weighted by Crippen LogP contribution is -2.33. The van der Waals surface area contributed by atoms with Gasteiger partial charge in [-0.25, -0.2) is 14.2 Å². The number of rotatable bonds is 5. The molecule has 0 spiro atoms. The Morgan fingerprint density at radius 3 is 2.73 bits per heavy atom. The topological polar surface area (TPSA) is 87.7 Å². The third kappa shape index (κ3) is 5.49. The minimum absolute atomic E-state index is 0.0606. The van der Waals surface area contributed by atoms with E-state index < -0.39 is 29.1 Å². The maximum absolute atomic E-state index is 15.2. The molecule has 10 heteroatoms. The number of anilines is 2. The fraction of sp³-hybridized carbons (Fsp3) is 0.300. The van der Waals surface area contributed by atoms with Gasteiger partial charge < -0.3 is 19.9 Å². The van der Waals surface area contributed by atoms with Gasteiger partial charge in [-0.3, -0.25) is 4.21 Å². The van der Waals surface area contributed by atoms with E-state index in [1.165, 1.54) is 4.90 Å². The zero-order chi connectivity index (χ0) is 27.6. The number of ether oxygens (including phenoxy) is 1. The van der Waals surface area contributed by atoms with Gasteiger partial charge in [-0.1, -0.05) is 60.2 Å². The number of likely N-dealkylation sites (tertiary alicyclic amines) is 1. The summed E-state index contributed by atoms with van der Waals surface area (Å²) in [5, 5.41) is 4.06. The van der Waals surface area contributed by atoms with Gasteiger partial charge in [0.25, 0.3) is 0 Å². The van der Waals surface area contributed by atoms with E-state index in [9.17, 15) is 9.00 Å². The standard InChI is InChI=1S/C30H30FN5O3S/c1-20-11-12-25-23(15-20)28(34-29(33-25)35-13-14-40(38)27-10-6-5-9-22(27)16-35)32-26-18-36(17-24(26)31)30(37)39-19-21-7-3-2-4-8-21/h2-12,15,24,26H,13-14,16-19H2,1H3,(H,32,33,34)/t24-,26-,40?/m0/s1. The first-order chi connectivity index (χ1) is 19.4. The van der Waals surface area contributed by atoms with E-state index in [0.717, 1.165) is 32.5 Å². The number of aromatic nitrogens is 2. The smallest absolute Gasteiger partial charge is 0.410 e. The highest BCUT2D eigenvalue weighted by Gasteiger charge is 2.37. The molecule has 2 aliphatic heterocycles. The van der Waals surface area contributed by atoms with Crippen molar-refractivity contribution in [1.82, 2.24) is 14.9 Å². The molecular formula is C30H30FN5O3S. The molecular weight excluding hydrogens is 529 g/mol. The average Bonchev–Trinajstić information content (AvgIpc) is 3.25. The van der Waals surface area contributed by atoms with Gasteiger partial charge in [0.05, 0.1) is 28.9 Å². The first-order valence-corrected chi connectivity index (χ1v) is 14.6. The van der Waals surface area contributed by atoms with E-state index in [1.807, 2.05) is 84.6 Å². The van der Waals surface area contributed by atoms with Crippen LogP contribution in [0.1, 0.15) is 16.7 Å². The van der Waals surface area contributed by atoms with Crippen LogP contribution < -0.4 is 10.2 Å². The Morgan fingerprint density at radius 1 is 1.07 bits per heavy atom. The summed E-state index contributed by atoms with van der Waals surface area (Å²) in [5.41, 5.74) is 3.60. The molecule has 3 aromatic carbocycles. The Bertz CT molecular complexity index is 1570. The Hall–Kier alpha value is -4.05. The van der Waals surface area contributed by atoms with Crippen molar-refractivity contribution in [1.29, 1.82) is 0 Å². The summed E-state index contributed by atoms with van der Waals surface area (Å²) < 4.78 is 33.5. The van der Waals surface area contributed by atoms with Crippen LogP contribution in [0.3, 0.4) is 0 Å². The lowest BCUT2D eigenvalue weighted by atomic mass is 10.1. The lowest BCUT2D eigenvalue weighted by Gasteiger charge is -2.23. The van der Waals surface area contributed by atoms with Crippen molar-refractivity contribution in [3.8, 4) is 0 Å². The van der Waals surface area contributed by atoms with Gasteiger partial charge in [0.2, 0.25) is 5.95 Å². The zero-order valence-corrected chi connectivity index (χ0v) is 22.9. The third-order valence-electron chi connectivity index (χ3n) is 7.28. The monoisotopic (exact) mass is 559 g/mol. The Kier molecular flexibility index (Phi) is 7.34. The normalized spacial score (nSPS) is 20.7. The number of amides is 1. The summed E-state index contributed by atoms with van der Waals surface area (Å²) in [6.45, 7) is 3.25. The molecule has 3 heterocycles. The molecule has 1 saturated heterocycles. The lowest BCUT2D eigenvalue weighted by molar-refractivity contribution is 0.102. The number of fused-ring (bicyclic) bond motifs is 2. The number of hydrogen-bond acceptors (Lipinski definition) is 7. The van der Waals surface area contributed by atoms with Crippen molar-refractivity contribution in [2.45, 2.75) is 37.2 Å². The van der Waals surface area contributed by atoms with Gasteiger partial charge in [-0.15, -0.1) is 0 Å². The highest BCUT2D eigenvalue weighted by Crippen LogP contribution is 2.30. The van der Waals surface area contributed by atoms with Gasteiger partial charge in [0.1, 0.15) is 18.6 Å². The molecule has 4 aromatic rings. The molecule has 6 rings (SSSR count). The zero-order valence-electron chi connectivity index (χ0n) is 22.1. The van der Waals surface area contributed by atoms with Gasteiger partial charge in [0.15, 0.2) is 0 Å². The number of hydrogen-bond donors (Lipinski definition) is 1. The van der Waals surface area contributed by atoms with E-state index in [4.69, 9.17) is 14.7 Å². The molecule has 0 bridgehead atoms. The number of carbonyl (C=O) groups excluding carboxylic acids is 1.